The van der Waals surface area contributed by atoms with Crippen LogP contribution >= 0.6 is 0 Å². The number of likely N-dealkylation sites (tertiary alicyclic amines) is 1. The van der Waals surface area contributed by atoms with E-state index in [1.54, 1.807) is 16.7 Å². The molecule has 0 aromatic carbocycles. The smallest absolute Gasteiger partial charge is 0.320 e. The summed E-state index contributed by atoms with van der Waals surface area (Å²) in [5, 5.41) is 18.1. The van der Waals surface area contributed by atoms with Crippen LogP contribution in [0, 0.1) is 11.8 Å². The highest BCUT2D eigenvalue weighted by Crippen LogP contribution is 2.17. The Kier molecular flexibility index (Phi) is 6.08. The highest BCUT2D eigenvalue weighted by atomic mass is 16.4. The van der Waals surface area contributed by atoms with E-state index in [2.05, 4.69) is 0 Å². The molecule has 0 spiro atoms. The summed E-state index contributed by atoms with van der Waals surface area (Å²) in [6.07, 6.45) is 1.83. The van der Waals surface area contributed by atoms with E-state index in [1.807, 2.05) is 6.92 Å². The lowest BCUT2D eigenvalue weighted by Gasteiger charge is -2.36. The zero-order valence-electron chi connectivity index (χ0n) is 11.7. The van der Waals surface area contributed by atoms with E-state index >= 15 is 0 Å². The van der Waals surface area contributed by atoms with Gasteiger partial charge in [-0.05, 0) is 25.7 Å². The lowest BCUT2D eigenvalue weighted by molar-refractivity contribution is -0.141. The standard InChI is InChI=1S/C13H24N2O4/c1-3-14(7-10(2)12(17)18)13(19)15-6-4-5-11(8-15)9-16/h10-11,16H,3-9H2,1-2H3,(H,17,18). The number of carboxylic acids is 1. The zero-order valence-corrected chi connectivity index (χ0v) is 11.7. The van der Waals surface area contributed by atoms with E-state index in [0.29, 0.717) is 19.6 Å². The first kappa shape index (κ1) is 15.8. The Balaban J connectivity index is 2.59. The average molecular weight is 272 g/mol. The normalized spacial score (nSPS) is 21.0. The van der Waals surface area contributed by atoms with Crippen LogP contribution in [0.2, 0.25) is 0 Å². The van der Waals surface area contributed by atoms with Crippen molar-refractivity contribution in [3.05, 3.63) is 0 Å². The molecule has 1 aliphatic heterocycles. The molecule has 1 aliphatic rings. The Hall–Kier alpha value is -1.30. The largest absolute Gasteiger partial charge is 0.481 e. The van der Waals surface area contributed by atoms with Crippen molar-refractivity contribution in [2.45, 2.75) is 26.7 Å². The molecule has 0 aromatic heterocycles. The quantitative estimate of drug-likeness (QED) is 0.777. The van der Waals surface area contributed by atoms with Crippen LogP contribution in [-0.2, 0) is 4.79 Å². The molecule has 0 aliphatic carbocycles. The molecule has 1 heterocycles. The fourth-order valence-corrected chi connectivity index (χ4v) is 2.34. The number of carbonyl (C=O) groups excluding carboxylic acids is 1. The molecule has 110 valence electrons. The van der Waals surface area contributed by atoms with Gasteiger partial charge in [0.1, 0.15) is 0 Å². The lowest BCUT2D eigenvalue weighted by atomic mass is 9.99. The van der Waals surface area contributed by atoms with Crippen molar-refractivity contribution in [3.8, 4) is 0 Å². The zero-order chi connectivity index (χ0) is 14.4. The minimum absolute atomic E-state index is 0.0986. The molecule has 2 unspecified atom stereocenters. The third-order valence-corrected chi connectivity index (χ3v) is 3.62. The summed E-state index contributed by atoms with van der Waals surface area (Å²) >= 11 is 0. The molecule has 0 bridgehead atoms. The fourth-order valence-electron chi connectivity index (χ4n) is 2.34. The molecule has 2 atom stereocenters. The summed E-state index contributed by atoms with van der Waals surface area (Å²) in [5.74, 6) is -1.31. The van der Waals surface area contributed by atoms with Gasteiger partial charge >= 0.3 is 12.0 Å². The fraction of sp³-hybridized carbons (Fsp3) is 0.846. The second-order valence-electron chi connectivity index (χ2n) is 5.20. The van der Waals surface area contributed by atoms with Gasteiger partial charge in [-0.1, -0.05) is 6.92 Å². The number of amides is 2. The van der Waals surface area contributed by atoms with Gasteiger partial charge in [0, 0.05) is 32.8 Å². The van der Waals surface area contributed by atoms with Gasteiger partial charge < -0.3 is 20.0 Å². The summed E-state index contributed by atoms with van der Waals surface area (Å²) in [4.78, 5) is 26.5. The highest BCUT2D eigenvalue weighted by molar-refractivity contribution is 5.76. The van der Waals surface area contributed by atoms with Gasteiger partial charge in [0.25, 0.3) is 0 Å². The third-order valence-electron chi connectivity index (χ3n) is 3.62. The Bertz CT molecular complexity index is 322. The van der Waals surface area contributed by atoms with E-state index in [4.69, 9.17) is 5.11 Å². The molecule has 1 fully saturated rings. The summed E-state index contributed by atoms with van der Waals surface area (Å²) in [6, 6.07) is -0.117. The van der Waals surface area contributed by atoms with Gasteiger partial charge in [-0.25, -0.2) is 4.79 Å². The maximum absolute atomic E-state index is 12.3. The number of hydrogen-bond acceptors (Lipinski definition) is 3. The monoisotopic (exact) mass is 272 g/mol. The van der Waals surface area contributed by atoms with Gasteiger partial charge in [-0.2, -0.15) is 0 Å². The molecule has 0 radical (unpaired) electrons. The Morgan fingerprint density at radius 3 is 2.68 bits per heavy atom. The third kappa shape index (κ3) is 4.38. The van der Waals surface area contributed by atoms with Crippen molar-refractivity contribution < 1.29 is 19.8 Å². The summed E-state index contributed by atoms with van der Waals surface area (Å²) in [6.45, 7) is 5.52. The molecule has 1 rings (SSSR count). The number of hydrogen-bond donors (Lipinski definition) is 2. The summed E-state index contributed by atoms with van der Waals surface area (Å²) in [7, 11) is 0. The average Bonchev–Trinajstić information content (AvgIpc) is 2.43. The van der Waals surface area contributed by atoms with Crippen molar-refractivity contribution >= 4 is 12.0 Å². The molecule has 1 saturated heterocycles. The van der Waals surface area contributed by atoms with Crippen LogP contribution in [0.25, 0.3) is 0 Å². The predicted molar refractivity (Wildman–Crippen MR) is 70.8 cm³/mol. The minimum Gasteiger partial charge on any atom is -0.481 e. The van der Waals surface area contributed by atoms with Gasteiger partial charge in [-0.3, -0.25) is 4.79 Å². The molecular formula is C13H24N2O4. The molecule has 6 heteroatoms. The maximum atomic E-state index is 12.3. The molecule has 19 heavy (non-hydrogen) atoms. The van der Waals surface area contributed by atoms with Crippen LogP contribution in [0.4, 0.5) is 4.79 Å². The molecule has 6 nitrogen and oxygen atoms in total. The summed E-state index contributed by atoms with van der Waals surface area (Å²) in [5.41, 5.74) is 0. The number of aliphatic hydroxyl groups is 1. The second-order valence-corrected chi connectivity index (χ2v) is 5.20. The number of aliphatic carboxylic acids is 1. The van der Waals surface area contributed by atoms with Crippen molar-refractivity contribution in [1.29, 1.82) is 0 Å². The van der Waals surface area contributed by atoms with Crippen LogP contribution in [0.5, 0.6) is 0 Å². The Morgan fingerprint density at radius 1 is 1.47 bits per heavy atom. The first-order chi connectivity index (χ1) is 8.99. The van der Waals surface area contributed by atoms with Crippen molar-refractivity contribution in [1.82, 2.24) is 9.80 Å². The van der Waals surface area contributed by atoms with E-state index in [-0.39, 0.29) is 25.1 Å². The van der Waals surface area contributed by atoms with Crippen LogP contribution in [0.1, 0.15) is 26.7 Å². The molecule has 0 aromatic rings. The first-order valence-electron chi connectivity index (χ1n) is 6.87. The second kappa shape index (κ2) is 7.33. The van der Waals surface area contributed by atoms with Crippen molar-refractivity contribution in [2.75, 3.05) is 32.8 Å². The van der Waals surface area contributed by atoms with E-state index in [0.717, 1.165) is 12.8 Å². The SMILES string of the molecule is CCN(CC(C)C(=O)O)C(=O)N1CCCC(CO)C1. The number of nitrogens with zero attached hydrogens (tertiary/aromatic N) is 2. The maximum Gasteiger partial charge on any atom is 0.320 e. The van der Waals surface area contributed by atoms with Crippen LogP contribution < -0.4 is 0 Å². The number of carbonyl (C=O) groups is 2. The van der Waals surface area contributed by atoms with Crippen molar-refractivity contribution in [3.63, 3.8) is 0 Å². The van der Waals surface area contributed by atoms with E-state index in [9.17, 15) is 14.7 Å². The van der Waals surface area contributed by atoms with Crippen LogP contribution in [0.15, 0.2) is 0 Å². The Labute approximate surface area is 114 Å². The summed E-state index contributed by atoms with van der Waals surface area (Å²) < 4.78 is 0. The van der Waals surface area contributed by atoms with Crippen molar-refractivity contribution in [2.24, 2.45) is 11.8 Å². The number of aliphatic hydroxyl groups excluding tert-OH is 1. The molecule has 0 saturated carbocycles. The van der Waals surface area contributed by atoms with Gasteiger partial charge in [0.05, 0.1) is 5.92 Å². The number of urea groups is 1. The highest BCUT2D eigenvalue weighted by Gasteiger charge is 2.27. The predicted octanol–water partition coefficient (Wildman–Crippen LogP) is 0.853. The molecule has 2 amide bonds. The van der Waals surface area contributed by atoms with Gasteiger partial charge in [0.15, 0.2) is 0 Å². The number of carboxylic acid groups (broad SMARTS) is 1. The first-order valence-corrected chi connectivity index (χ1v) is 6.87. The number of piperidine rings is 1. The van der Waals surface area contributed by atoms with Gasteiger partial charge in [0.2, 0.25) is 0 Å². The van der Waals surface area contributed by atoms with Crippen LogP contribution in [-0.4, -0.2) is 64.8 Å². The van der Waals surface area contributed by atoms with Gasteiger partial charge in [-0.15, -0.1) is 0 Å². The minimum atomic E-state index is -0.891. The van der Waals surface area contributed by atoms with Crippen LogP contribution in [0.3, 0.4) is 0 Å². The number of rotatable bonds is 5. The molecular weight excluding hydrogens is 248 g/mol. The molecule has 2 N–H and O–H groups in total. The Morgan fingerprint density at radius 2 is 2.16 bits per heavy atom. The van der Waals surface area contributed by atoms with E-state index in [1.165, 1.54) is 0 Å². The lowest BCUT2D eigenvalue weighted by Crippen LogP contribution is -2.49. The van der Waals surface area contributed by atoms with E-state index < -0.39 is 11.9 Å². The topological polar surface area (TPSA) is 81.1 Å².